The molecule has 3 heterocycles. The number of nitrogens with zero attached hydrogens (tertiary/aromatic N) is 4. The number of fused-ring (bicyclic) bond motifs is 1. The second-order valence-corrected chi connectivity index (χ2v) is 7.49. The van der Waals surface area contributed by atoms with E-state index >= 15 is 0 Å². The molecule has 8 heteroatoms. The minimum absolute atomic E-state index is 0.0797. The lowest BCUT2D eigenvalue weighted by atomic mass is 10.3. The Morgan fingerprint density at radius 3 is 2.54 bits per heavy atom. The zero-order chi connectivity index (χ0) is 17.5. The standard InChI is InChI=1S/C16H19N5O2S/c1-10(2)21-12(4)16(11(3)19-21)24(22,23)20-14-7-9-17-13-6-5-8-18-15(13)14/h5-10H,1-4H3,(H,17,20). The summed E-state index contributed by atoms with van der Waals surface area (Å²) >= 11 is 0. The van der Waals surface area contributed by atoms with Crippen LogP contribution in [0.4, 0.5) is 5.69 Å². The van der Waals surface area contributed by atoms with Gasteiger partial charge in [-0.15, -0.1) is 0 Å². The Hall–Kier alpha value is -2.48. The number of pyridine rings is 2. The normalized spacial score (nSPS) is 12.0. The van der Waals surface area contributed by atoms with Crippen LogP contribution in [0.15, 0.2) is 35.5 Å². The number of rotatable bonds is 4. The van der Waals surface area contributed by atoms with Gasteiger partial charge in [0.15, 0.2) is 0 Å². The molecule has 0 amide bonds. The average Bonchev–Trinajstić information content (AvgIpc) is 2.83. The molecule has 7 nitrogen and oxygen atoms in total. The molecule has 0 aromatic carbocycles. The van der Waals surface area contributed by atoms with Crippen LogP contribution >= 0.6 is 0 Å². The Balaban J connectivity index is 2.09. The Labute approximate surface area is 140 Å². The summed E-state index contributed by atoms with van der Waals surface area (Å²) in [5.41, 5.74) is 2.62. The molecule has 24 heavy (non-hydrogen) atoms. The second-order valence-electron chi connectivity index (χ2n) is 5.87. The number of nitrogens with one attached hydrogen (secondary N) is 1. The maximum atomic E-state index is 12.9. The van der Waals surface area contributed by atoms with Gasteiger partial charge in [-0.3, -0.25) is 19.4 Å². The molecule has 0 spiro atoms. The van der Waals surface area contributed by atoms with Crippen molar-refractivity contribution in [1.29, 1.82) is 0 Å². The third kappa shape index (κ3) is 2.73. The predicted octanol–water partition coefficient (Wildman–Crippen LogP) is 2.82. The van der Waals surface area contributed by atoms with Crippen molar-refractivity contribution >= 4 is 26.7 Å². The molecule has 3 rings (SSSR count). The molecule has 0 unspecified atom stereocenters. The first kappa shape index (κ1) is 16.4. The SMILES string of the molecule is Cc1nn(C(C)C)c(C)c1S(=O)(=O)Nc1ccnc2cccnc12. The first-order valence-corrected chi connectivity index (χ1v) is 9.08. The first-order chi connectivity index (χ1) is 11.3. The number of anilines is 1. The molecule has 0 saturated carbocycles. The van der Waals surface area contributed by atoms with Crippen molar-refractivity contribution in [2.45, 2.75) is 38.6 Å². The molecule has 0 aliphatic heterocycles. The second kappa shape index (κ2) is 5.86. The largest absolute Gasteiger partial charge is 0.277 e. The van der Waals surface area contributed by atoms with Crippen LogP contribution in [0.2, 0.25) is 0 Å². The lowest BCUT2D eigenvalue weighted by molar-refractivity contribution is 0.514. The van der Waals surface area contributed by atoms with Gasteiger partial charge >= 0.3 is 0 Å². The van der Waals surface area contributed by atoms with Gasteiger partial charge in [0.1, 0.15) is 10.4 Å². The summed E-state index contributed by atoms with van der Waals surface area (Å²) in [6, 6.07) is 5.22. The van der Waals surface area contributed by atoms with Crippen LogP contribution in [0.3, 0.4) is 0 Å². The van der Waals surface area contributed by atoms with E-state index in [1.54, 1.807) is 49.1 Å². The van der Waals surface area contributed by atoms with E-state index in [2.05, 4.69) is 19.8 Å². The summed E-state index contributed by atoms with van der Waals surface area (Å²) in [6.45, 7) is 7.38. The summed E-state index contributed by atoms with van der Waals surface area (Å²) < 4.78 is 30.2. The first-order valence-electron chi connectivity index (χ1n) is 7.59. The molecule has 3 aromatic heterocycles. The number of sulfonamides is 1. The Morgan fingerprint density at radius 1 is 1.12 bits per heavy atom. The van der Waals surface area contributed by atoms with E-state index in [1.807, 2.05) is 13.8 Å². The molecule has 0 atom stereocenters. The van der Waals surface area contributed by atoms with Crippen LogP contribution in [-0.2, 0) is 10.0 Å². The fraction of sp³-hybridized carbons (Fsp3) is 0.312. The van der Waals surface area contributed by atoms with Gasteiger partial charge in [0.2, 0.25) is 0 Å². The number of hydrogen-bond donors (Lipinski definition) is 1. The highest BCUT2D eigenvalue weighted by Gasteiger charge is 2.26. The quantitative estimate of drug-likeness (QED) is 0.785. The van der Waals surface area contributed by atoms with Crippen molar-refractivity contribution < 1.29 is 8.42 Å². The maximum Gasteiger partial charge on any atom is 0.265 e. The minimum atomic E-state index is -3.78. The average molecular weight is 345 g/mol. The molecule has 0 radical (unpaired) electrons. The fourth-order valence-corrected chi connectivity index (χ4v) is 4.27. The van der Waals surface area contributed by atoms with E-state index in [1.165, 1.54) is 0 Å². The smallest absolute Gasteiger partial charge is 0.265 e. The van der Waals surface area contributed by atoms with Gasteiger partial charge in [-0.25, -0.2) is 8.42 Å². The van der Waals surface area contributed by atoms with Crippen molar-refractivity contribution in [3.05, 3.63) is 42.0 Å². The molecule has 1 N–H and O–H groups in total. The van der Waals surface area contributed by atoms with Crippen LogP contribution in [0.25, 0.3) is 11.0 Å². The van der Waals surface area contributed by atoms with Crippen molar-refractivity contribution in [3.63, 3.8) is 0 Å². The zero-order valence-electron chi connectivity index (χ0n) is 14.0. The van der Waals surface area contributed by atoms with Crippen LogP contribution < -0.4 is 4.72 Å². The fourth-order valence-electron chi connectivity index (χ4n) is 2.80. The van der Waals surface area contributed by atoms with Gasteiger partial charge in [-0.2, -0.15) is 5.10 Å². The number of hydrogen-bond acceptors (Lipinski definition) is 5. The van der Waals surface area contributed by atoms with Crippen LogP contribution in [0.1, 0.15) is 31.3 Å². The van der Waals surface area contributed by atoms with E-state index in [-0.39, 0.29) is 10.9 Å². The maximum absolute atomic E-state index is 12.9. The van der Waals surface area contributed by atoms with Gasteiger partial charge in [0.25, 0.3) is 10.0 Å². The topological polar surface area (TPSA) is 89.8 Å². The molecule has 0 aliphatic rings. The highest BCUT2D eigenvalue weighted by Crippen LogP contribution is 2.26. The van der Waals surface area contributed by atoms with Crippen LogP contribution in [-0.4, -0.2) is 28.2 Å². The van der Waals surface area contributed by atoms with E-state index in [9.17, 15) is 8.42 Å². The number of aromatic nitrogens is 4. The Bertz CT molecular complexity index is 1000. The van der Waals surface area contributed by atoms with Crippen molar-refractivity contribution in [2.24, 2.45) is 0 Å². The summed E-state index contributed by atoms with van der Waals surface area (Å²) in [5, 5.41) is 4.35. The van der Waals surface area contributed by atoms with Crippen LogP contribution in [0.5, 0.6) is 0 Å². The third-order valence-electron chi connectivity index (χ3n) is 3.76. The minimum Gasteiger partial charge on any atom is -0.277 e. The summed E-state index contributed by atoms with van der Waals surface area (Å²) in [7, 11) is -3.78. The molecule has 0 fully saturated rings. The van der Waals surface area contributed by atoms with Crippen molar-refractivity contribution in [3.8, 4) is 0 Å². The van der Waals surface area contributed by atoms with E-state index < -0.39 is 10.0 Å². The van der Waals surface area contributed by atoms with Crippen molar-refractivity contribution in [1.82, 2.24) is 19.7 Å². The highest BCUT2D eigenvalue weighted by molar-refractivity contribution is 7.92. The summed E-state index contributed by atoms with van der Waals surface area (Å²) in [4.78, 5) is 8.63. The van der Waals surface area contributed by atoms with Gasteiger partial charge in [-0.1, -0.05) is 0 Å². The lowest BCUT2D eigenvalue weighted by Crippen LogP contribution is -2.16. The van der Waals surface area contributed by atoms with Gasteiger partial charge in [0, 0.05) is 18.4 Å². The number of aryl methyl sites for hydroxylation is 1. The van der Waals surface area contributed by atoms with E-state index in [0.29, 0.717) is 28.1 Å². The molecular weight excluding hydrogens is 326 g/mol. The molecule has 0 saturated heterocycles. The van der Waals surface area contributed by atoms with Gasteiger partial charge in [0.05, 0.1) is 22.6 Å². The third-order valence-corrected chi connectivity index (χ3v) is 5.37. The molecule has 126 valence electrons. The van der Waals surface area contributed by atoms with E-state index in [4.69, 9.17) is 0 Å². The summed E-state index contributed by atoms with van der Waals surface area (Å²) in [5.74, 6) is 0. The van der Waals surface area contributed by atoms with Gasteiger partial charge in [-0.05, 0) is 45.9 Å². The zero-order valence-corrected chi connectivity index (χ0v) is 14.8. The molecule has 0 aliphatic carbocycles. The lowest BCUT2D eigenvalue weighted by Gasteiger charge is -2.11. The Kier molecular flexibility index (Phi) is 4.00. The van der Waals surface area contributed by atoms with Crippen LogP contribution in [0, 0.1) is 13.8 Å². The molecular formula is C16H19N5O2S. The molecule has 3 aromatic rings. The van der Waals surface area contributed by atoms with E-state index in [0.717, 1.165) is 0 Å². The Morgan fingerprint density at radius 2 is 1.88 bits per heavy atom. The summed E-state index contributed by atoms with van der Waals surface area (Å²) in [6.07, 6.45) is 3.16. The molecule has 0 bridgehead atoms. The monoisotopic (exact) mass is 345 g/mol. The predicted molar refractivity (Wildman–Crippen MR) is 92.4 cm³/mol. The van der Waals surface area contributed by atoms with Crippen molar-refractivity contribution in [2.75, 3.05) is 4.72 Å². The highest BCUT2D eigenvalue weighted by atomic mass is 32.2. The van der Waals surface area contributed by atoms with Gasteiger partial charge < -0.3 is 0 Å².